The van der Waals surface area contributed by atoms with E-state index >= 15 is 0 Å². The number of carbonyl (C=O) groups excluding carboxylic acids is 1. The summed E-state index contributed by atoms with van der Waals surface area (Å²) in [5, 5.41) is 8.67. The van der Waals surface area contributed by atoms with E-state index in [1.54, 1.807) is 12.1 Å². The molecule has 1 amide bonds. The van der Waals surface area contributed by atoms with Gasteiger partial charge in [-0.05, 0) is 36.8 Å². The molecule has 6 nitrogen and oxygen atoms in total. The maximum Gasteiger partial charge on any atom is 0.268 e. The van der Waals surface area contributed by atoms with Gasteiger partial charge in [-0.2, -0.15) is 5.10 Å². The molecule has 3 aromatic rings. The van der Waals surface area contributed by atoms with Crippen molar-refractivity contribution in [2.45, 2.75) is 25.3 Å². The lowest BCUT2D eigenvalue weighted by Gasteiger charge is -2.23. The standard InChI is InChI=1S/C18H18N4O2/c1-22-16-8-4-7-14(13(16)10-19-22)20-18(24)15-9-11-5-2-3-6-12(11)17(23)21-15/h2-3,5-6,9-10,14H,4,7-8H2,1H3,(H,20,24)(H,21,23). The highest BCUT2D eigenvalue weighted by atomic mass is 16.2. The second-order valence-electron chi connectivity index (χ2n) is 6.19. The van der Waals surface area contributed by atoms with Crippen molar-refractivity contribution in [1.82, 2.24) is 20.1 Å². The number of nitrogens with one attached hydrogen (secondary N) is 2. The molecule has 1 aliphatic carbocycles. The fourth-order valence-electron chi connectivity index (χ4n) is 3.43. The maximum absolute atomic E-state index is 12.6. The predicted molar refractivity (Wildman–Crippen MR) is 90.9 cm³/mol. The minimum absolute atomic E-state index is 0.0649. The minimum Gasteiger partial charge on any atom is -0.344 e. The Morgan fingerprint density at radius 3 is 3.08 bits per heavy atom. The van der Waals surface area contributed by atoms with Crippen LogP contribution in [0.5, 0.6) is 0 Å². The van der Waals surface area contributed by atoms with E-state index in [0.717, 1.165) is 30.2 Å². The molecule has 24 heavy (non-hydrogen) atoms. The Bertz CT molecular complexity index is 986. The zero-order chi connectivity index (χ0) is 16.7. The Morgan fingerprint density at radius 1 is 1.38 bits per heavy atom. The van der Waals surface area contributed by atoms with Crippen molar-refractivity contribution in [2.75, 3.05) is 0 Å². The molecular formula is C18H18N4O2. The first-order valence-electron chi connectivity index (χ1n) is 8.07. The average molecular weight is 322 g/mol. The lowest BCUT2D eigenvalue weighted by atomic mass is 9.93. The van der Waals surface area contributed by atoms with Crippen molar-refractivity contribution in [3.05, 3.63) is 63.8 Å². The van der Waals surface area contributed by atoms with Crippen molar-refractivity contribution in [3.63, 3.8) is 0 Å². The first-order chi connectivity index (χ1) is 11.6. The smallest absolute Gasteiger partial charge is 0.268 e. The van der Waals surface area contributed by atoms with Crippen LogP contribution in [0.2, 0.25) is 0 Å². The number of aromatic amines is 1. The highest BCUT2D eigenvalue weighted by Crippen LogP contribution is 2.29. The first kappa shape index (κ1) is 14.7. The van der Waals surface area contributed by atoms with Crippen LogP contribution in [0.1, 0.15) is 40.6 Å². The van der Waals surface area contributed by atoms with Crippen molar-refractivity contribution in [3.8, 4) is 0 Å². The zero-order valence-electron chi connectivity index (χ0n) is 13.4. The molecule has 0 spiro atoms. The van der Waals surface area contributed by atoms with E-state index in [0.29, 0.717) is 5.39 Å². The summed E-state index contributed by atoms with van der Waals surface area (Å²) < 4.78 is 1.87. The van der Waals surface area contributed by atoms with Crippen molar-refractivity contribution in [2.24, 2.45) is 7.05 Å². The lowest BCUT2D eigenvalue weighted by molar-refractivity contribution is 0.0927. The van der Waals surface area contributed by atoms with Gasteiger partial charge in [-0.25, -0.2) is 0 Å². The van der Waals surface area contributed by atoms with Crippen LogP contribution in [0, 0.1) is 0 Å². The van der Waals surface area contributed by atoms with Gasteiger partial charge in [0.15, 0.2) is 0 Å². The first-order valence-corrected chi connectivity index (χ1v) is 8.07. The second-order valence-corrected chi connectivity index (χ2v) is 6.19. The van der Waals surface area contributed by atoms with Crippen LogP contribution in [0.15, 0.2) is 41.3 Å². The number of nitrogens with zero attached hydrogens (tertiary/aromatic N) is 2. The fourth-order valence-corrected chi connectivity index (χ4v) is 3.43. The maximum atomic E-state index is 12.6. The number of fused-ring (bicyclic) bond motifs is 2. The highest BCUT2D eigenvalue weighted by molar-refractivity contribution is 5.96. The Morgan fingerprint density at radius 2 is 2.21 bits per heavy atom. The summed E-state index contributed by atoms with van der Waals surface area (Å²) >= 11 is 0. The fraction of sp³-hybridized carbons (Fsp3) is 0.278. The van der Waals surface area contributed by atoms with Crippen LogP contribution >= 0.6 is 0 Å². The van der Waals surface area contributed by atoms with Gasteiger partial charge in [-0.1, -0.05) is 18.2 Å². The third kappa shape index (κ3) is 2.40. The van der Waals surface area contributed by atoms with Gasteiger partial charge in [0.25, 0.3) is 11.5 Å². The van der Waals surface area contributed by atoms with Gasteiger partial charge in [-0.3, -0.25) is 14.3 Å². The molecule has 1 unspecified atom stereocenters. The molecule has 122 valence electrons. The Hall–Kier alpha value is -2.89. The summed E-state index contributed by atoms with van der Waals surface area (Å²) in [4.78, 5) is 27.4. The van der Waals surface area contributed by atoms with Gasteiger partial charge in [0.05, 0.1) is 12.2 Å². The van der Waals surface area contributed by atoms with E-state index in [9.17, 15) is 9.59 Å². The van der Waals surface area contributed by atoms with E-state index in [1.165, 1.54) is 5.69 Å². The number of amides is 1. The molecule has 2 heterocycles. The molecule has 0 radical (unpaired) electrons. The number of rotatable bonds is 2. The zero-order valence-corrected chi connectivity index (χ0v) is 13.4. The number of aryl methyl sites for hydroxylation is 1. The predicted octanol–water partition coefficient (Wildman–Crippen LogP) is 2.07. The van der Waals surface area contributed by atoms with Crippen LogP contribution in [-0.4, -0.2) is 20.7 Å². The Kier molecular flexibility index (Phi) is 3.45. The molecule has 0 saturated heterocycles. The second kappa shape index (κ2) is 5.63. The molecule has 1 atom stereocenters. The summed E-state index contributed by atoms with van der Waals surface area (Å²) in [5.41, 5.74) is 2.28. The third-order valence-corrected chi connectivity index (χ3v) is 4.68. The SMILES string of the molecule is Cn1ncc2c1CCCC2NC(=O)c1cc2ccccc2c(=O)[nH]1. The summed E-state index contributed by atoms with van der Waals surface area (Å²) in [7, 11) is 1.92. The molecule has 1 aromatic carbocycles. The monoisotopic (exact) mass is 322 g/mol. The van der Waals surface area contributed by atoms with Gasteiger partial charge < -0.3 is 10.3 Å². The van der Waals surface area contributed by atoms with Gasteiger partial charge in [0.2, 0.25) is 0 Å². The van der Waals surface area contributed by atoms with Crippen LogP contribution in [0.3, 0.4) is 0 Å². The van der Waals surface area contributed by atoms with Crippen LogP contribution in [-0.2, 0) is 13.5 Å². The highest BCUT2D eigenvalue weighted by Gasteiger charge is 2.25. The van der Waals surface area contributed by atoms with E-state index < -0.39 is 0 Å². The number of carbonyl (C=O) groups is 1. The molecular weight excluding hydrogens is 304 g/mol. The number of H-pyrrole nitrogens is 1. The van der Waals surface area contributed by atoms with Crippen LogP contribution in [0.25, 0.3) is 10.8 Å². The van der Waals surface area contributed by atoms with Crippen LogP contribution in [0.4, 0.5) is 0 Å². The largest absolute Gasteiger partial charge is 0.344 e. The summed E-state index contributed by atoms with van der Waals surface area (Å²) in [6.45, 7) is 0. The Balaban J connectivity index is 1.65. The number of aromatic nitrogens is 3. The van der Waals surface area contributed by atoms with E-state index in [1.807, 2.05) is 36.1 Å². The van der Waals surface area contributed by atoms with Crippen molar-refractivity contribution < 1.29 is 4.79 Å². The van der Waals surface area contributed by atoms with Gasteiger partial charge in [0, 0.05) is 23.7 Å². The molecule has 0 bridgehead atoms. The minimum atomic E-state index is -0.264. The van der Waals surface area contributed by atoms with E-state index in [-0.39, 0.29) is 23.2 Å². The molecule has 0 saturated carbocycles. The number of pyridine rings is 1. The van der Waals surface area contributed by atoms with E-state index in [2.05, 4.69) is 15.4 Å². The summed E-state index contributed by atoms with van der Waals surface area (Å²) in [6.07, 6.45) is 4.68. The number of hydrogen-bond acceptors (Lipinski definition) is 3. The molecule has 2 N–H and O–H groups in total. The van der Waals surface area contributed by atoms with Crippen molar-refractivity contribution in [1.29, 1.82) is 0 Å². The summed E-state index contributed by atoms with van der Waals surface area (Å²) in [6, 6.07) is 8.90. The molecule has 6 heteroatoms. The molecule has 0 aliphatic heterocycles. The van der Waals surface area contributed by atoms with Crippen molar-refractivity contribution >= 4 is 16.7 Å². The van der Waals surface area contributed by atoms with Gasteiger partial charge >= 0.3 is 0 Å². The molecule has 1 aliphatic rings. The Labute approximate surface area is 138 Å². The third-order valence-electron chi connectivity index (χ3n) is 4.68. The van der Waals surface area contributed by atoms with E-state index in [4.69, 9.17) is 0 Å². The lowest BCUT2D eigenvalue weighted by Crippen LogP contribution is -2.32. The van der Waals surface area contributed by atoms with Crippen LogP contribution < -0.4 is 10.9 Å². The quantitative estimate of drug-likeness (QED) is 0.758. The van der Waals surface area contributed by atoms with Gasteiger partial charge in [-0.15, -0.1) is 0 Å². The van der Waals surface area contributed by atoms with Gasteiger partial charge in [0.1, 0.15) is 5.69 Å². The number of benzene rings is 1. The molecule has 0 fully saturated rings. The summed E-state index contributed by atoms with van der Waals surface area (Å²) in [5.74, 6) is -0.264. The molecule has 4 rings (SSSR count). The average Bonchev–Trinajstić information content (AvgIpc) is 2.97. The normalized spacial score (nSPS) is 16.8. The number of hydrogen-bond donors (Lipinski definition) is 2. The topological polar surface area (TPSA) is 79.8 Å². The molecule has 2 aromatic heterocycles.